The molecule has 2 aromatic carbocycles. The summed E-state index contributed by atoms with van der Waals surface area (Å²) in [6.07, 6.45) is 0. The van der Waals surface area contributed by atoms with Crippen LogP contribution in [0, 0.1) is 0 Å². The standard InChI is InChI=1S/C23H16N4O3S/c28-23(29-15-17-14-19(30-26-17)20-12-7-13-31-20)21-24-22(16-8-3-1-4-9-16)27(25-21)18-10-5-2-6-11-18/h1-14H,15H2. The quantitative estimate of drug-likeness (QED) is 0.354. The predicted octanol–water partition coefficient (Wildman–Crippen LogP) is 5.01. The number of nitrogens with zero attached hydrogens (tertiary/aromatic N) is 4. The molecule has 0 aliphatic carbocycles. The average molecular weight is 428 g/mol. The smallest absolute Gasteiger partial charge is 0.378 e. The number of ether oxygens (including phenoxy) is 1. The van der Waals surface area contributed by atoms with Gasteiger partial charge >= 0.3 is 5.97 Å². The third-order valence-electron chi connectivity index (χ3n) is 4.50. The number of rotatable bonds is 6. The Hall–Kier alpha value is -4.04. The minimum Gasteiger partial charge on any atom is -0.453 e. The fourth-order valence-corrected chi connectivity index (χ4v) is 3.71. The van der Waals surface area contributed by atoms with E-state index in [1.54, 1.807) is 22.1 Å². The number of aromatic nitrogens is 4. The second-order valence-electron chi connectivity index (χ2n) is 6.61. The summed E-state index contributed by atoms with van der Waals surface area (Å²) in [6, 6.07) is 24.7. The normalized spacial score (nSPS) is 10.8. The van der Waals surface area contributed by atoms with Gasteiger partial charge in [-0.3, -0.25) is 0 Å². The molecule has 7 nitrogen and oxygen atoms in total. The molecule has 5 rings (SSSR count). The molecule has 0 aliphatic heterocycles. The van der Waals surface area contributed by atoms with Crippen LogP contribution in [-0.4, -0.2) is 25.9 Å². The van der Waals surface area contributed by atoms with Crippen molar-refractivity contribution in [3.8, 4) is 27.7 Å². The van der Waals surface area contributed by atoms with Crippen molar-refractivity contribution in [2.24, 2.45) is 0 Å². The summed E-state index contributed by atoms with van der Waals surface area (Å²) in [7, 11) is 0. The lowest BCUT2D eigenvalue weighted by atomic mass is 10.2. The highest BCUT2D eigenvalue weighted by atomic mass is 32.1. The zero-order valence-corrected chi connectivity index (χ0v) is 17.0. The predicted molar refractivity (Wildman–Crippen MR) is 116 cm³/mol. The van der Waals surface area contributed by atoms with E-state index in [-0.39, 0.29) is 12.4 Å². The Morgan fingerprint density at radius 2 is 1.77 bits per heavy atom. The van der Waals surface area contributed by atoms with Crippen LogP contribution in [0.1, 0.15) is 16.3 Å². The van der Waals surface area contributed by atoms with Crippen LogP contribution < -0.4 is 0 Å². The first kappa shape index (κ1) is 19.0. The van der Waals surface area contributed by atoms with Gasteiger partial charge in [-0.25, -0.2) is 14.5 Å². The van der Waals surface area contributed by atoms with Crippen LogP contribution >= 0.6 is 11.3 Å². The third-order valence-corrected chi connectivity index (χ3v) is 5.38. The lowest BCUT2D eigenvalue weighted by Crippen LogP contribution is -2.08. The second-order valence-corrected chi connectivity index (χ2v) is 7.56. The molecule has 0 spiro atoms. The number of para-hydroxylation sites is 1. The molecular weight excluding hydrogens is 412 g/mol. The molecule has 0 N–H and O–H groups in total. The topological polar surface area (TPSA) is 83.0 Å². The summed E-state index contributed by atoms with van der Waals surface area (Å²) in [5.41, 5.74) is 2.16. The molecule has 3 heterocycles. The van der Waals surface area contributed by atoms with Crippen molar-refractivity contribution in [2.75, 3.05) is 0 Å². The van der Waals surface area contributed by atoms with E-state index in [1.807, 2.05) is 78.2 Å². The summed E-state index contributed by atoms with van der Waals surface area (Å²) in [6.45, 7) is -0.0335. The second kappa shape index (κ2) is 8.37. The molecule has 0 fully saturated rings. The van der Waals surface area contributed by atoms with Crippen LogP contribution in [0.2, 0.25) is 0 Å². The van der Waals surface area contributed by atoms with Gasteiger partial charge in [0.25, 0.3) is 5.82 Å². The Morgan fingerprint density at radius 3 is 2.52 bits per heavy atom. The maximum atomic E-state index is 12.7. The molecule has 152 valence electrons. The summed E-state index contributed by atoms with van der Waals surface area (Å²) in [5.74, 6) is 0.538. The molecule has 3 aromatic heterocycles. The lowest BCUT2D eigenvalue weighted by Gasteiger charge is -2.05. The Labute approximate surface area is 181 Å². The first-order valence-electron chi connectivity index (χ1n) is 9.52. The zero-order valence-electron chi connectivity index (χ0n) is 16.2. The van der Waals surface area contributed by atoms with Crippen LogP contribution in [0.5, 0.6) is 0 Å². The summed E-state index contributed by atoms with van der Waals surface area (Å²) < 4.78 is 12.3. The van der Waals surface area contributed by atoms with Gasteiger partial charge in [-0.1, -0.05) is 59.8 Å². The first-order chi connectivity index (χ1) is 15.3. The molecule has 0 unspecified atom stereocenters. The fourth-order valence-electron chi connectivity index (χ4n) is 3.04. The van der Waals surface area contributed by atoms with E-state index in [4.69, 9.17) is 9.26 Å². The molecule has 8 heteroatoms. The zero-order chi connectivity index (χ0) is 21.0. The van der Waals surface area contributed by atoms with Gasteiger partial charge < -0.3 is 9.26 Å². The van der Waals surface area contributed by atoms with Gasteiger partial charge in [0.05, 0.1) is 10.6 Å². The summed E-state index contributed by atoms with van der Waals surface area (Å²) >= 11 is 1.55. The molecule has 0 amide bonds. The highest BCUT2D eigenvalue weighted by Gasteiger charge is 2.20. The Kier molecular flexibility index (Phi) is 5.12. The van der Waals surface area contributed by atoms with Crippen LogP contribution in [0.25, 0.3) is 27.7 Å². The number of carbonyl (C=O) groups is 1. The fraction of sp³-hybridized carbons (Fsp3) is 0.0435. The van der Waals surface area contributed by atoms with Crippen molar-refractivity contribution in [3.05, 3.63) is 95.8 Å². The van der Waals surface area contributed by atoms with Crippen molar-refractivity contribution in [2.45, 2.75) is 6.61 Å². The maximum absolute atomic E-state index is 12.7. The molecule has 5 aromatic rings. The molecule has 0 aliphatic rings. The van der Waals surface area contributed by atoms with Crippen LogP contribution in [0.4, 0.5) is 0 Å². The van der Waals surface area contributed by atoms with E-state index >= 15 is 0 Å². The monoisotopic (exact) mass is 428 g/mol. The van der Waals surface area contributed by atoms with E-state index in [9.17, 15) is 4.79 Å². The minimum atomic E-state index is -0.632. The van der Waals surface area contributed by atoms with Crippen molar-refractivity contribution in [1.29, 1.82) is 0 Å². The summed E-state index contributed by atoms with van der Waals surface area (Å²) in [5, 5.41) is 10.3. The van der Waals surface area contributed by atoms with E-state index in [0.717, 1.165) is 16.1 Å². The van der Waals surface area contributed by atoms with Gasteiger partial charge in [-0.2, -0.15) is 0 Å². The van der Waals surface area contributed by atoms with Crippen molar-refractivity contribution in [3.63, 3.8) is 0 Å². The van der Waals surface area contributed by atoms with Crippen LogP contribution in [-0.2, 0) is 11.3 Å². The molecule has 31 heavy (non-hydrogen) atoms. The van der Waals surface area contributed by atoms with Crippen molar-refractivity contribution in [1.82, 2.24) is 19.9 Å². The van der Waals surface area contributed by atoms with Crippen molar-refractivity contribution < 1.29 is 14.1 Å². The van der Waals surface area contributed by atoms with E-state index < -0.39 is 5.97 Å². The van der Waals surface area contributed by atoms with Crippen LogP contribution in [0.15, 0.2) is 88.8 Å². The van der Waals surface area contributed by atoms with Gasteiger partial charge in [0.1, 0.15) is 12.3 Å². The SMILES string of the molecule is O=C(OCc1cc(-c2cccs2)on1)c1nc(-c2ccccc2)n(-c2ccccc2)n1. The van der Waals surface area contributed by atoms with E-state index in [1.165, 1.54) is 0 Å². The molecule has 0 saturated carbocycles. The van der Waals surface area contributed by atoms with Gasteiger partial charge in [0.2, 0.25) is 0 Å². The summed E-state index contributed by atoms with van der Waals surface area (Å²) in [4.78, 5) is 18.1. The molecule has 0 bridgehead atoms. The van der Waals surface area contributed by atoms with E-state index in [0.29, 0.717) is 17.3 Å². The number of hydrogen-bond acceptors (Lipinski definition) is 7. The largest absolute Gasteiger partial charge is 0.453 e. The Bertz CT molecular complexity index is 1240. The molecular formula is C23H16N4O3S. The lowest BCUT2D eigenvalue weighted by molar-refractivity contribution is 0.0450. The van der Waals surface area contributed by atoms with Gasteiger partial charge in [0, 0.05) is 11.6 Å². The Balaban J connectivity index is 1.38. The van der Waals surface area contributed by atoms with Crippen LogP contribution in [0.3, 0.4) is 0 Å². The molecule has 0 radical (unpaired) electrons. The highest BCUT2D eigenvalue weighted by molar-refractivity contribution is 7.13. The molecule has 0 saturated heterocycles. The number of esters is 1. The third kappa shape index (κ3) is 4.01. The van der Waals surface area contributed by atoms with Gasteiger partial charge in [-0.05, 0) is 23.6 Å². The molecule has 0 atom stereocenters. The Morgan fingerprint density at radius 1 is 1.00 bits per heavy atom. The highest BCUT2D eigenvalue weighted by Crippen LogP contribution is 2.25. The number of thiophene rings is 1. The minimum absolute atomic E-state index is 0.0234. The van der Waals surface area contributed by atoms with Gasteiger partial charge in [-0.15, -0.1) is 16.4 Å². The van der Waals surface area contributed by atoms with Gasteiger partial charge in [0.15, 0.2) is 11.6 Å². The first-order valence-corrected chi connectivity index (χ1v) is 10.4. The number of carbonyl (C=O) groups excluding carboxylic acids is 1. The van der Waals surface area contributed by atoms with E-state index in [2.05, 4.69) is 15.2 Å². The number of hydrogen-bond donors (Lipinski definition) is 0. The van der Waals surface area contributed by atoms with Crippen molar-refractivity contribution >= 4 is 17.3 Å². The number of benzene rings is 2. The maximum Gasteiger partial charge on any atom is 0.378 e. The average Bonchev–Trinajstić information content (AvgIpc) is 3.59.